The molecule has 1 saturated carbocycles. The molecule has 0 spiro atoms. The van der Waals surface area contributed by atoms with Crippen molar-refractivity contribution in [2.24, 2.45) is 23.7 Å². The Morgan fingerprint density at radius 2 is 2.08 bits per heavy atom. The third-order valence-corrected chi connectivity index (χ3v) is 3.43. The van der Waals surface area contributed by atoms with Crippen LogP contribution >= 0.6 is 0 Å². The number of hydrogen-bond acceptors (Lipinski definition) is 0. The van der Waals surface area contributed by atoms with Crippen LogP contribution < -0.4 is 0 Å². The minimum absolute atomic E-state index is 0.886. The second-order valence-corrected chi connectivity index (χ2v) is 4.59. The standard InChI is InChI=1S/C12H22/c1-5-6-7-11-10(4)8-12(11)9(2)3/h5-6,9-12H,7-8H2,1-4H3. The third-order valence-electron chi connectivity index (χ3n) is 3.43. The first kappa shape index (κ1) is 9.83. The Labute approximate surface area is 77.1 Å². The highest BCUT2D eigenvalue weighted by molar-refractivity contribution is 4.93. The van der Waals surface area contributed by atoms with Gasteiger partial charge in [0.15, 0.2) is 0 Å². The molecule has 0 nitrogen and oxygen atoms in total. The van der Waals surface area contributed by atoms with E-state index in [2.05, 4.69) is 39.8 Å². The largest absolute Gasteiger partial charge is 0.0917 e. The maximum absolute atomic E-state index is 2.40. The van der Waals surface area contributed by atoms with Gasteiger partial charge in [0.2, 0.25) is 0 Å². The predicted octanol–water partition coefficient (Wildman–Crippen LogP) is 3.88. The molecule has 3 unspecified atom stereocenters. The summed E-state index contributed by atoms with van der Waals surface area (Å²) in [6.45, 7) is 9.24. The van der Waals surface area contributed by atoms with E-state index < -0.39 is 0 Å². The Morgan fingerprint density at radius 1 is 1.42 bits per heavy atom. The van der Waals surface area contributed by atoms with Gasteiger partial charge < -0.3 is 0 Å². The Morgan fingerprint density at radius 3 is 2.50 bits per heavy atom. The molecule has 0 bridgehead atoms. The average Bonchev–Trinajstić information content (AvgIpc) is 2.00. The lowest BCUT2D eigenvalue weighted by Gasteiger charge is -2.45. The molecular weight excluding hydrogens is 144 g/mol. The Kier molecular flexibility index (Phi) is 3.37. The molecule has 1 aliphatic carbocycles. The predicted molar refractivity (Wildman–Crippen MR) is 55.0 cm³/mol. The molecule has 0 amide bonds. The topological polar surface area (TPSA) is 0 Å². The van der Waals surface area contributed by atoms with E-state index in [0.29, 0.717) is 0 Å². The molecule has 0 aromatic heterocycles. The monoisotopic (exact) mass is 166 g/mol. The van der Waals surface area contributed by atoms with E-state index in [0.717, 1.165) is 23.7 Å². The fourth-order valence-corrected chi connectivity index (χ4v) is 2.47. The number of hydrogen-bond donors (Lipinski definition) is 0. The third kappa shape index (κ3) is 1.91. The van der Waals surface area contributed by atoms with Gasteiger partial charge in [-0.25, -0.2) is 0 Å². The van der Waals surface area contributed by atoms with Crippen molar-refractivity contribution in [3.63, 3.8) is 0 Å². The van der Waals surface area contributed by atoms with Crippen molar-refractivity contribution in [1.82, 2.24) is 0 Å². The summed E-state index contributed by atoms with van der Waals surface area (Å²) in [6.07, 6.45) is 7.28. The summed E-state index contributed by atoms with van der Waals surface area (Å²) in [4.78, 5) is 0. The van der Waals surface area contributed by atoms with E-state index in [1.54, 1.807) is 0 Å². The van der Waals surface area contributed by atoms with Crippen molar-refractivity contribution in [2.45, 2.75) is 40.5 Å². The smallest absolute Gasteiger partial charge is 0.0317 e. The van der Waals surface area contributed by atoms with Gasteiger partial charge in [0.1, 0.15) is 0 Å². The molecule has 70 valence electrons. The van der Waals surface area contributed by atoms with Crippen molar-refractivity contribution in [3.05, 3.63) is 12.2 Å². The van der Waals surface area contributed by atoms with Gasteiger partial charge in [-0.2, -0.15) is 0 Å². The first-order valence-electron chi connectivity index (χ1n) is 5.28. The summed E-state index contributed by atoms with van der Waals surface area (Å²) >= 11 is 0. The Bertz CT molecular complexity index is 155. The molecule has 1 aliphatic rings. The minimum Gasteiger partial charge on any atom is -0.0917 e. The second-order valence-electron chi connectivity index (χ2n) is 4.59. The molecule has 0 heterocycles. The highest BCUT2D eigenvalue weighted by Crippen LogP contribution is 2.46. The van der Waals surface area contributed by atoms with Gasteiger partial charge in [-0.3, -0.25) is 0 Å². The van der Waals surface area contributed by atoms with Crippen molar-refractivity contribution >= 4 is 0 Å². The van der Waals surface area contributed by atoms with Crippen molar-refractivity contribution in [1.29, 1.82) is 0 Å². The van der Waals surface area contributed by atoms with Crippen LogP contribution in [0.5, 0.6) is 0 Å². The minimum atomic E-state index is 0.886. The Hall–Kier alpha value is -0.260. The molecule has 3 atom stereocenters. The fraction of sp³-hybridized carbons (Fsp3) is 0.833. The van der Waals surface area contributed by atoms with Crippen LogP contribution in [0.1, 0.15) is 40.5 Å². The lowest BCUT2D eigenvalue weighted by atomic mass is 9.60. The van der Waals surface area contributed by atoms with Gasteiger partial charge in [0, 0.05) is 0 Å². The molecule has 0 saturated heterocycles. The molecule has 0 N–H and O–H groups in total. The van der Waals surface area contributed by atoms with E-state index in [4.69, 9.17) is 0 Å². The van der Waals surface area contributed by atoms with Gasteiger partial charge >= 0.3 is 0 Å². The molecule has 1 rings (SSSR count). The van der Waals surface area contributed by atoms with Gasteiger partial charge in [0.05, 0.1) is 0 Å². The molecule has 1 fully saturated rings. The van der Waals surface area contributed by atoms with Crippen molar-refractivity contribution in [3.8, 4) is 0 Å². The summed E-state index contributed by atoms with van der Waals surface area (Å²) in [6, 6.07) is 0. The normalized spacial score (nSPS) is 35.9. The highest BCUT2D eigenvalue weighted by Gasteiger charge is 2.38. The van der Waals surface area contributed by atoms with E-state index in [1.807, 2.05) is 0 Å². The van der Waals surface area contributed by atoms with Gasteiger partial charge in [0.25, 0.3) is 0 Å². The van der Waals surface area contributed by atoms with E-state index in [-0.39, 0.29) is 0 Å². The van der Waals surface area contributed by atoms with Crippen LogP contribution in [0.25, 0.3) is 0 Å². The average molecular weight is 166 g/mol. The Balaban J connectivity index is 2.39. The molecular formula is C12H22. The SMILES string of the molecule is CC=CCC1C(C)CC1C(C)C. The molecule has 0 aromatic rings. The van der Waals surface area contributed by atoms with Gasteiger partial charge in [-0.05, 0) is 43.4 Å². The molecule has 0 radical (unpaired) electrons. The fourth-order valence-electron chi connectivity index (χ4n) is 2.47. The lowest BCUT2D eigenvalue weighted by Crippen LogP contribution is -2.37. The zero-order chi connectivity index (χ0) is 9.14. The van der Waals surface area contributed by atoms with E-state index in [1.165, 1.54) is 12.8 Å². The summed E-state index contributed by atoms with van der Waals surface area (Å²) in [5, 5.41) is 0. The maximum atomic E-state index is 2.40. The van der Waals surface area contributed by atoms with Crippen LogP contribution in [0.4, 0.5) is 0 Å². The molecule has 0 heteroatoms. The van der Waals surface area contributed by atoms with E-state index >= 15 is 0 Å². The summed E-state index contributed by atoms with van der Waals surface area (Å²) < 4.78 is 0. The summed E-state index contributed by atoms with van der Waals surface area (Å²) in [5.74, 6) is 3.82. The molecule has 12 heavy (non-hydrogen) atoms. The maximum Gasteiger partial charge on any atom is -0.0317 e. The highest BCUT2D eigenvalue weighted by atomic mass is 14.4. The first-order valence-corrected chi connectivity index (χ1v) is 5.28. The van der Waals surface area contributed by atoms with Gasteiger partial charge in [-0.1, -0.05) is 32.9 Å². The van der Waals surface area contributed by atoms with Crippen LogP contribution in [0, 0.1) is 23.7 Å². The second kappa shape index (κ2) is 4.11. The van der Waals surface area contributed by atoms with Crippen LogP contribution in [0.3, 0.4) is 0 Å². The van der Waals surface area contributed by atoms with Crippen LogP contribution in [-0.2, 0) is 0 Å². The molecule has 0 aromatic carbocycles. The van der Waals surface area contributed by atoms with E-state index in [9.17, 15) is 0 Å². The summed E-state index contributed by atoms with van der Waals surface area (Å²) in [7, 11) is 0. The molecule has 0 aliphatic heterocycles. The quantitative estimate of drug-likeness (QED) is 0.558. The van der Waals surface area contributed by atoms with Crippen molar-refractivity contribution in [2.75, 3.05) is 0 Å². The zero-order valence-electron chi connectivity index (χ0n) is 8.88. The van der Waals surface area contributed by atoms with Crippen LogP contribution in [-0.4, -0.2) is 0 Å². The summed E-state index contributed by atoms with van der Waals surface area (Å²) in [5.41, 5.74) is 0. The number of allylic oxidation sites excluding steroid dienone is 2. The lowest BCUT2D eigenvalue weighted by molar-refractivity contribution is 0.0493. The van der Waals surface area contributed by atoms with Gasteiger partial charge in [-0.15, -0.1) is 0 Å². The number of rotatable bonds is 3. The van der Waals surface area contributed by atoms with Crippen molar-refractivity contribution < 1.29 is 0 Å². The van der Waals surface area contributed by atoms with Crippen LogP contribution in [0.2, 0.25) is 0 Å². The van der Waals surface area contributed by atoms with Crippen LogP contribution in [0.15, 0.2) is 12.2 Å². The first-order chi connectivity index (χ1) is 5.66. The zero-order valence-corrected chi connectivity index (χ0v) is 8.88.